The quantitative estimate of drug-likeness (QED) is 0.760. The molecule has 3 aromatic rings. The second-order valence-electron chi connectivity index (χ2n) is 6.15. The van der Waals surface area contributed by atoms with Crippen LogP contribution >= 0.6 is 0 Å². The molecule has 1 unspecified atom stereocenters. The number of fused-ring (bicyclic) bond motifs is 2. The first kappa shape index (κ1) is 16.1. The molecule has 2 aromatic carbocycles. The Balaban J connectivity index is 1.49. The van der Waals surface area contributed by atoms with Gasteiger partial charge in [-0.05, 0) is 29.8 Å². The first-order valence-electron chi connectivity index (χ1n) is 8.27. The van der Waals surface area contributed by atoms with E-state index >= 15 is 0 Å². The van der Waals surface area contributed by atoms with E-state index in [1.807, 2.05) is 42.5 Å². The van der Waals surface area contributed by atoms with Gasteiger partial charge in [0.1, 0.15) is 5.75 Å². The number of hydrogen-bond donors (Lipinski definition) is 2. The number of ether oxygens (including phenoxy) is 1. The number of methoxy groups -OCH3 is 1. The Hall–Kier alpha value is -3.41. The van der Waals surface area contributed by atoms with E-state index < -0.39 is 0 Å². The smallest absolute Gasteiger partial charge is 0.252 e. The number of nitrogens with zero attached hydrogens (tertiary/aromatic N) is 1. The van der Waals surface area contributed by atoms with E-state index in [9.17, 15) is 9.59 Å². The lowest BCUT2D eigenvalue weighted by molar-refractivity contribution is -0.116. The fourth-order valence-corrected chi connectivity index (χ4v) is 3.18. The monoisotopic (exact) mass is 347 g/mol. The molecule has 26 heavy (non-hydrogen) atoms. The summed E-state index contributed by atoms with van der Waals surface area (Å²) in [6.07, 6.45) is 1.78. The number of amides is 2. The topological polar surface area (TPSA) is 80.3 Å². The van der Waals surface area contributed by atoms with Gasteiger partial charge < -0.3 is 15.4 Å². The second kappa shape index (κ2) is 6.48. The van der Waals surface area contributed by atoms with Gasteiger partial charge in [0.05, 0.1) is 37.0 Å². The summed E-state index contributed by atoms with van der Waals surface area (Å²) in [6.45, 7) is 0. The van der Waals surface area contributed by atoms with Crippen LogP contribution in [0.1, 0.15) is 28.4 Å². The summed E-state index contributed by atoms with van der Waals surface area (Å²) in [5, 5.41) is 6.61. The van der Waals surface area contributed by atoms with Crippen LogP contribution in [-0.2, 0) is 4.79 Å². The third-order valence-corrected chi connectivity index (χ3v) is 4.45. The van der Waals surface area contributed by atoms with Gasteiger partial charge in [0.25, 0.3) is 5.91 Å². The molecule has 0 aliphatic carbocycles. The summed E-state index contributed by atoms with van der Waals surface area (Å²) in [5.41, 5.74) is 2.90. The Bertz CT molecular complexity index is 1020. The first-order valence-corrected chi connectivity index (χ1v) is 8.27. The number of anilines is 1. The van der Waals surface area contributed by atoms with Gasteiger partial charge in [-0.15, -0.1) is 0 Å². The standard InChI is InChI=1S/C20H17N3O3/c1-26-14-7-6-12-8-13(11-21-17(12)9-14)22-19(24)10-18-15-4-2-3-5-16(15)20(25)23-18/h2-9,11,18H,10H2,1H3,(H,22,24)(H,23,25). The molecule has 4 rings (SSSR count). The first-order chi connectivity index (χ1) is 12.6. The Morgan fingerprint density at radius 1 is 1.23 bits per heavy atom. The van der Waals surface area contributed by atoms with Crippen LogP contribution in [0.3, 0.4) is 0 Å². The Morgan fingerprint density at radius 3 is 2.92 bits per heavy atom. The van der Waals surface area contributed by atoms with E-state index in [0.717, 1.165) is 22.2 Å². The number of aromatic nitrogens is 1. The summed E-state index contributed by atoms with van der Waals surface area (Å²) >= 11 is 0. The van der Waals surface area contributed by atoms with Crippen molar-refractivity contribution in [3.63, 3.8) is 0 Å². The molecule has 1 aliphatic heterocycles. The minimum Gasteiger partial charge on any atom is -0.497 e. The average Bonchev–Trinajstić information content (AvgIpc) is 2.97. The molecule has 130 valence electrons. The lowest BCUT2D eigenvalue weighted by atomic mass is 10.0. The molecule has 2 heterocycles. The van der Waals surface area contributed by atoms with E-state index in [1.165, 1.54) is 0 Å². The minimum absolute atomic E-state index is 0.139. The van der Waals surface area contributed by atoms with Crippen molar-refractivity contribution in [2.24, 2.45) is 0 Å². The highest BCUT2D eigenvalue weighted by Gasteiger charge is 2.29. The third kappa shape index (κ3) is 2.97. The van der Waals surface area contributed by atoms with E-state index in [1.54, 1.807) is 19.4 Å². The molecule has 0 radical (unpaired) electrons. The normalized spacial score (nSPS) is 15.4. The van der Waals surface area contributed by atoms with Gasteiger partial charge in [0, 0.05) is 17.0 Å². The van der Waals surface area contributed by atoms with Crippen LogP contribution in [0, 0.1) is 0 Å². The number of carbonyl (C=O) groups excluding carboxylic acids is 2. The van der Waals surface area contributed by atoms with E-state index in [-0.39, 0.29) is 24.3 Å². The van der Waals surface area contributed by atoms with Crippen molar-refractivity contribution in [1.29, 1.82) is 0 Å². The van der Waals surface area contributed by atoms with Crippen molar-refractivity contribution >= 4 is 28.4 Å². The predicted octanol–water partition coefficient (Wildman–Crippen LogP) is 3.06. The van der Waals surface area contributed by atoms with Crippen molar-refractivity contribution in [2.45, 2.75) is 12.5 Å². The second-order valence-corrected chi connectivity index (χ2v) is 6.15. The molecular formula is C20H17N3O3. The van der Waals surface area contributed by atoms with E-state index in [0.29, 0.717) is 11.3 Å². The molecule has 1 aromatic heterocycles. The Kier molecular flexibility index (Phi) is 4.01. The van der Waals surface area contributed by atoms with Crippen LogP contribution in [0.5, 0.6) is 5.75 Å². The SMILES string of the molecule is COc1ccc2cc(NC(=O)CC3NC(=O)c4ccccc43)cnc2c1. The Morgan fingerprint density at radius 2 is 2.08 bits per heavy atom. The van der Waals surface area contributed by atoms with Crippen molar-refractivity contribution in [3.8, 4) is 5.75 Å². The molecule has 2 N–H and O–H groups in total. The highest BCUT2D eigenvalue weighted by molar-refractivity contribution is 6.00. The zero-order chi connectivity index (χ0) is 18.1. The molecule has 0 spiro atoms. The summed E-state index contributed by atoms with van der Waals surface area (Å²) in [4.78, 5) is 28.7. The molecule has 0 saturated heterocycles. The predicted molar refractivity (Wildman–Crippen MR) is 98.2 cm³/mol. The largest absolute Gasteiger partial charge is 0.497 e. The number of carbonyl (C=O) groups is 2. The van der Waals surface area contributed by atoms with Crippen LogP contribution in [0.2, 0.25) is 0 Å². The van der Waals surface area contributed by atoms with Crippen LogP contribution in [0.4, 0.5) is 5.69 Å². The third-order valence-electron chi connectivity index (χ3n) is 4.45. The summed E-state index contributed by atoms with van der Waals surface area (Å²) < 4.78 is 5.18. The Labute approximate surface area is 150 Å². The minimum atomic E-state index is -0.309. The molecular weight excluding hydrogens is 330 g/mol. The van der Waals surface area contributed by atoms with Crippen LogP contribution in [-0.4, -0.2) is 23.9 Å². The molecule has 1 atom stereocenters. The lowest BCUT2D eigenvalue weighted by Gasteiger charge is -2.12. The lowest BCUT2D eigenvalue weighted by Crippen LogP contribution is -2.24. The van der Waals surface area contributed by atoms with Gasteiger partial charge in [-0.3, -0.25) is 14.6 Å². The number of nitrogens with one attached hydrogen (secondary N) is 2. The van der Waals surface area contributed by atoms with Crippen molar-refractivity contribution < 1.29 is 14.3 Å². The maximum atomic E-state index is 12.4. The van der Waals surface area contributed by atoms with Crippen molar-refractivity contribution in [3.05, 3.63) is 65.9 Å². The van der Waals surface area contributed by atoms with Crippen LogP contribution in [0.15, 0.2) is 54.7 Å². The van der Waals surface area contributed by atoms with E-state index in [4.69, 9.17) is 4.74 Å². The van der Waals surface area contributed by atoms with Gasteiger partial charge in [0.15, 0.2) is 0 Å². The maximum absolute atomic E-state index is 12.4. The van der Waals surface area contributed by atoms with Gasteiger partial charge in [-0.25, -0.2) is 0 Å². The fourth-order valence-electron chi connectivity index (χ4n) is 3.18. The van der Waals surface area contributed by atoms with Crippen molar-refractivity contribution in [2.75, 3.05) is 12.4 Å². The number of hydrogen-bond acceptors (Lipinski definition) is 4. The number of benzene rings is 2. The van der Waals surface area contributed by atoms with Crippen molar-refractivity contribution in [1.82, 2.24) is 10.3 Å². The summed E-state index contributed by atoms with van der Waals surface area (Å²) in [7, 11) is 1.61. The van der Waals surface area contributed by atoms with Gasteiger partial charge >= 0.3 is 0 Å². The molecule has 0 bridgehead atoms. The molecule has 1 aliphatic rings. The average molecular weight is 347 g/mol. The zero-order valence-corrected chi connectivity index (χ0v) is 14.2. The molecule has 0 fully saturated rings. The highest BCUT2D eigenvalue weighted by Crippen LogP contribution is 2.28. The number of pyridine rings is 1. The fraction of sp³-hybridized carbons (Fsp3) is 0.150. The van der Waals surface area contributed by atoms with Crippen LogP contribution < -0.4 is 15.4 Å². The molecule has 6 heteroatoms. The van der Waals surface area contributed by atoms with E-state index in [2.05, 4.69) is 15.6 Å². The number of rotatable bonds is 4. The maximum Gasteiger partial charge on any atom is 0.252 e. The summed E-state index contributed by atoms with van der Waals surface area (Å²) in [6, 6.07) is 14.5. The van der Waals surface area contributed by atoms with Gasteiger partial charge in [-0.1, -0.05) is 18.2 Å². The summed E-state index contributed by atoms with van der Waals surface area (Å²) in [5.74, 6) is 0.416. The van der Waals surface area contributed by atoms with Gasteiger partial charge in [0.2, 0.25) is 5.91 Å². The molecule has 0 saturated carbocycles. The molecule has 2 amide bonds. The van der Waals surface area contributed by atoms with Crippen LogP contribution in [0.25, 0.3) is 10.9 Å². The zero-order valence-electron chi connectivity index (χ0n) is 14.2. The molecule has 6 nitrogen and oxygen atoms in total. The highest BCUT2D eigenvalue weighted by atomic mass is 16.5. The van der Waals surface area contributed by atoms with Gasteiger partial charge in [-0.2, -0.15) is 0 Å².